The highest BCUT2D eigenvalue weighted by molar-refractivity contribution is 6.07. The summed E-state index contributed by atoms with van der Waals surface area (Å²) in [6.45, 7) is 0. The van der Waals surface area contributed by atoms with E-state index in [-0.39, 0.29) is 0 Å². The molecule has 0 saturated heterocycles. The number of amides is 1. The molecule has 21 heavy (non-hydrogen) atoms. The molecule has 0 aliphatic carbocycles. The molecule has 5 nitrogen and oxygen atoms in total. The molecule has 1 atom stereocenters. The van der Waals surface area contributed by atoms with Gasteiger partial charge in [-0.1, -0.05) is 24.3 Å². The Morgan fingerprint density at radius 2 is 1.76 bits per heavy atom. The van der Waals surface area contributed by atoms with Gasteiger partial charge in [-0.15, -0.1) is 0 Å². The largest absolute Gasteiger partial charge is 0.493 e. The van der Waals surface area contributed by atoms with Gasteiger partial charge in [0.15, 0.2) is 17.1 Å². The molecule has 2 aromatic rings. The zero-order valence-corrected chi connectivity index (χ0v) is 11.7. The number of carbonyl (C=O) groups excluding carboxylic acids is 1. The van der Waals surface area contributed by atoms with Gasteiger partial charge in [-0.2, -0.15) is 0 Å². The third kappa shape index (κ3) is 1.86. The third-order valence-corrected chi connectivity index (χ3v) is 3.69. The molecule has 0 bridgehead atoms. The lowest BCUT2D eigenvalue weighted by Crippen LogP contribution is -2.35. The SMILES string of the molecule is COc1ccc(C2(O)C(=O)Nc3ccccc32)cc1OC. The summed E-state index contributed by atoms with van der Waals surface area (Å²) >= 11 is 0. The number of benzene rings is 2. The Morgan fingerprint density at radius 3 is 2.48 bits per heavy atom. The summed E-state index contributed by atoms with van der Waals surface area (Å²) in [7, 11) is 3.04. The van der Waals surface area contributed by atoms with E-state index in [2.05, 4.69) is 5.32 Å². The molecule has 0 radical (unpaired) electrons. The second-order valence-corrected chi connectivity index (χ2v) is 4.78. The summed E-state index contributed by atoms with van der Waals surface area (Å²) in [5, 5.41) is 13.6. The lowest BCUT2D eigenvalue weighted by molar-refractivity contribution is -0.129. The predicted octanol–water partition coefficient (Wildman–Crippen LogP) is 1.89. The molecule has 0 saturated carbocycles. The maximum atomic E-state index is 12.3. The topological polar surface area (TPSA) is 67.8 Å². The van der Waals surface area contributed by atoms with Gasteiger partial charge in [0.05, 0.1) is 14.2 Å². The van der Waals surface area contributed by atoms with E-state index in [0.29, 0.717) is 28.3 Å². The number of fused-ring (bicyclic) bond motifs is 1. The van der Waals surface area contributed by atoms with Gasteiger partial charge in [0.25, 0.3) is 5.91 Å². The summed E-state index contributed by atoms with van der Waals surface area (Å²) in [4.78, 5) is 12.3. The Kier molecular flexibility index (Phi) is 3.07. The van der Waals surface area contributed by atoms with Gasteiger partial charge in [0, 0.05) is 16.8 Å². The highest BCUT2D eigenvalue weighted by atomic mass is 16.5. The molecule has 2 aromatic carbocycles. The highest BCUT2D eigenvalue weighted by Gasteiger charge is 2.46. The quantitative estimate of drug-likeness (QED) is 0.903. The lowest BCUT2D eigenvalue weighted by atomic mass is 9.87. The number of anilines is 1. The number of hydrogen-bond acceptors (Lipinski definition) is 4. The summed E-state index contributed by atoms with van der Waals surface area (Å²) in [5.41, 5.74) is -0.152. The van der Waals surface area contributed by atoms with Crippen molar-refractivity contribution in [3.8, 4) is 11.5 Å². The molecule has 0 fully saturated rings. The minimum atomic E-state index is -1.73. The zero-order chi connectivity index (χ0) is 15.0. The fourth-order valence-electron chi connectivity index (χ4n) is 2.59. The number of nitrogens with one attached hydrogen (secondary N) is 1. The van der Waals surface area contributed by atoms with Crippen molar-refractivity contribution in [2.24, 2.45) is 0 Å². The molecular weight excluding hydrogens is 270 g/mol. The summed E-state index contributed by atoms with van der Waals surface area (Å²) in [6.07, 6.45) is 0. The fraction of sp³-hybridized carbons (Fsp3) is 0.188. The van der Waals surface area contributed by atoms with Crippen molar-refractivity contribution in [2.45, 2.75) is 5.60 Å². The molecule has 1 aliphatic rings. The number of para-hydroxylation sites is 1. The molecule has 1 amide bonds. The second-order valence-electron chi connectivity index (χ2n) is 4.78. The van der Waals surface area contributed by atoms with Crippen LogP contribution >= 0.6 is 0 Å². The standard InChI is InChI=1S/C16H15NO4/c1-20-13-8-7-10(9-14(13)21-2)16(19)11-5-3-4-6-12(11)17-15(16)18/h3-9,19H,1-2H3,(H,17,18). The monoisotopic (exact) mass is 285 g/mol. The van der Waals surface area contributed by atoms with Gasteiger partial charge in [-0.25, -0.2) is 0 Å². The maximum Gasteiger partial charge on any atom is 0.265 e. The van der Waals surface area contributed by atoms with Crippen LogP contribution in [0.2, 0.25) is 0 Å². The molecular formula is C16H15NO4. The van der Waals surface area contributed by atoms with Gasteiger partial charge in [0.2, 0.25) is 0 Å². The normalized spacial score (nSPS) is 19.9. The van der Waals surface area contributed by atoms with Gasteiger partial charge in [-0.05, 0) is 18.2 Å². The van der Waals surface area contributed by atoms with E-state index in [1.54, 1.807) is 42.5 Å². The number of hydrogen-bond donors (Lipinski definition) is 2. The number of ether oxygens (including phenoxy) is 2. The van der Waals surface area contributed by atoms with Crippen LogP contribution in [-0.4, -0.2) is 25.2 Å². The van der Waals surface area contributed by atoms with Crippen molar-refractivity contribution in [2.75, 3.05) is 19.5 Å². The van der Waals surface area contributed by atoms with Crippen molar-refractivity contribution in [3.63, 3.8) is 0 Å². The van der Waals surface area contributed by atoms with Gasteiger partial charge in [0.1, 0.15) is 0 Å². The molecule has 1 aliphatic heterocycles. The first kappa shape index (κ1) is 13.5. The van der Waals surface area contributed by atoms with E-state index in [1.807, 2.05) is 0 Å². The van der Waals surface area contributed by atoms with Crippen LogP contribution in [0.1, 0.15) is 11.1 Å². The van der Waals surface area contributed by atoms with Crippen LogP contribution in [0.4, 0.5) is 5.69 Å². The Morgan fingerprint density at radius 1 is 1.05 bits per heavy atom. The molecule has 5 heteroatoms. The van der Waals surface area contributed by atoms with Crippen LogP contribution in [0.25, 0.3) is 0 Å². The minimum absolute atomic E-state index is 0.433. The van der Waals surface area contributed by atoms with Crippen LogP contribution < -0.4 is 14.8 Å². The molecule has 0 aromatic heterocycles. The Bertz CT molecular complexity index is 713. The van der Waals surface area contributed by atoms with Crippen molar-refractivity contribution < 1.29 is 19.4 Å². The number of methoxy groups -OCH3 is 2. The van der Waals surface area contributed by atoms with E-state index >= 15 is 0 Å². The summed E-state index contributed by atoms with van der Waals surface area (Å²) in [6, 6.07) is 12.0. The third-order valence-electron chi connectivity index (χ3n) is 3.69. The Hall–Kier alpha value is -2.53. The van der Waals surface area contributed by atoms with Crippen LogP contribution in [0.3, 0.4) is 0 Å². The van der Waals surface area contributed by atoms with Gasteiger partial charge >= 0.3 is 0 Å². The van der Waals surface area contributed by atoms with Crippen molar-refractivity contribution in [3.05, 3.63) is 53.6 Å². The number of rotatable bonds is 3. The predicted molar refractivity (Wildman–Crippen MR) is 77.6 cm³/mol. The minimum Gasteiger partial charge on any atom is -0.493 e. The van der Waals surface area contributed by atoms with Crippen molar-refractivity contribution in [1.29, 1.82) is 0 Å². The van der Waals surface area contributed by atoms with Crippen LogP contribution in [0, 0.1) is 0 Å². The Balaban J connectivity index is 2.17. The molecule has 1 unspecified atom stereocenters. The van der Waals surface area contributed by atoms with E-state index in [0.717, 1.165) is 0 Å². The highest BCUT2D eigenvalue weighted by Crippen LogP contribution is 2.42. The molecule has 2 N–H and O–H groups in total. The first-order valence-corrected chi connectivity index (χ1v) is 6.47. The maximum absolute atomic E-state index is 12.3. The Labute approximate surface area is 122 Å². The first-order valence-electron chi connectivity index (χ1n) is 6.47. The fourth-order valence-corrected chi connectivity index (χ4v) is 2.59. The number of aliphatic hydroxyl groups is 1. The summed E-state index contributed by atoms with van der Waals surface area (Å²) < 4.78 is 10.4. The zero-order valence-electron chi connectivity index (χ0n) is 11.7. The molecule has 3 rings (SSSR count). The van der Waals surface area contributed by atoms with Crippen LogP contribution in [0.15, 0.2) is 42.5 Å². The molecule has 1 heterocycles. The van der Waals surface area contributed by atoms with Crippen molar-refractivity contribution in [1.82, 2.24) is 0 Å². The molecule has 108 valence electrons. The smallest absolute Gasteiger partial charge is 0.265 e. The average molecular weight is 285 g/mol. The van der Waals surface area contributed by atoms with Gasteiger partial charge in [-0.3, -0.25) is 4.79 Å². The lowest BCUT2D eigenvalue weighted by Gasteiger charge is -2.22. The average Bonchev–Trinajstić information content (AvgIpc) is 2.79. The van der Waals surface area contributed by atoms with E-state index in [9.17, 15) is 9.90 Å². The molecule has 0 spiro atoms. The van der Waals surface area contributed by atoms with E-state index in [1.165, 1.54) is 14.2 Å². The second kappa shape index (κ2) is 4.79. The summed E-state index contributed by atoms with van der Waals surface area (Å²) in [5.74, 6) is 0.521. The van der Waals surface area contributed by atoms with Crippen LogP contribution in [-0.2, 0) is 10.4 Å². The first-order chi connectivity index (χ1) is 10.1. The van der Waals surface area contributed by atoms with E-state index in [4.69, 9.17) is 9.47 Å². The number of carbonyl (C=O) groups is 1. The van der Waals surface area contributed by atoms with E-state index < -0.39 is 11.5 Å². The van der Waals surface area contributed by atoms with Crippen molar-refractivity contribution >= 4 is 11.6 Å². The van der Waals surface area contributed by atoms with Gasteiger partial charge < -0.3 is 19.9 Å². The van der Waals surface area contributed by atoms with Crippen LogP contribution in [0.5, 0.6) is 11.5 Å².